The van der Waals surface area contributed by atoms with Crippen molar-refractivity contribution in [2.75, 3.05) is 13.2 Å². The molecule has 0 aromatic carbocycles. The van der Waals surface area contributed by atoms with Crippen molar-refractivity contribution in [2.24, 2.45) is 0 Å². The Labute approximate surface area is 318 Å². The van der Waals surface area contributed by atoms with Gasteiger partial charge >= 0.3 is 19.8 Å². The smallest absolute Gasteiger partial charge is 0.462 e. The van der Waals surface area contributed by atoms with E-state index in [1.165, 1.54) is 77.0 Å². The Morgan fingerprint density at radius 1 is 0.566 bits per heavy atom. The number of unbranched alkanes of at least 4 members (excludes halogenated alkanes) is 19. The summed E-state index contributed by atoms with van der Waals surface area (Å²) in [4.78, 5) is 35.4. The highest BCUT2D eigenvalue weighted by Gasteiger charge is 2.51. The lowest BCUT2D eigenvalue weighted by Gasteiger charge is -2.41. The number of ether oxygens (including phenoxy) is 2. The minimum Gasteiger partial charge on any atom is -0.462 e. The summed E-state index contributed by atoms with van der Waals surface area (Å²) in [5, 5.41) is 49.9. The molecule has 1 aliphatic rings. The van der Waals surface area contributed by atoms with Gasteiger partial charge in [-0.1, -0.05) is 135 Å². The van der Waals surface area contributed by atoms with Gasteiger partial charge in [0, 0.05) is 12.8 Å². The zero-order valence-electron chi connectivity index (χ0n) is 32.6. The number of carbonyl (C=O) groups excluding carboxylic acids is 2. The number of esters is 2. The highest BCUT2D eigenvalue weighted by molar-refractivity contribution is 7.47. The second-order valence-corrected chi connectivity index (χ2v) is 15.9. The Bertz CT molecular complexity index is 996. The van der Waals surface area contributed by atoms with Gasteiger partial charge in [0.15, 0.2) is 6.10 Å². The van der Waals surface area contributed by atoms with E-state index in [4.69, 9.17) is 18.5 Å². The van der Waals surface area contributed by atoms with E-state index in [-0.39, 0.29) is 12.8 Å². The van der Waals surface area contributed by atoms with Gasteiger partial charge in [-0.15, -0.1) is 0 Å². The minimum absolute atomic E-state index is 0.0977. The van der Waals surface area contributed by atoms with Gasteiger partial charge in [-0.2, -0.15) is 0 Å². The van der Waals surface area contributed by atoms with Crippen LogP contribution >= 0.6 is 7.82 Å². The molecular weight excluding hydrogens is 707 g/mol. The van der Waals surface area contributed by atoms with Crippen LogP contribution in [0, 0.1) is 0 Å². The third-order valence-electron chi connectivity index (χ3n) is 9.61. The summed E-state index contributed by atoms with van der Waals surface area (Å²) in [6.07, 6.45) is 15.8. The second kappa shape index (κ2) is 30.8. The molecule has 0 aromatic heterocycles. The SMILES string of the molecule is CCCC/C=C/CCCCCCCCCCCC(=O)O[C@H](COC(=O)CCCCCCCCCCC)COP(=O)(O)OC1C(O)C(O)C(O)[C@H](O)C1O. The van der Waals surface area contributed by atoms with Crippen LogP contribution in [0.3, 0.4) is 0 Å². The molecule has 14 heteroatoms. The fourth-order valence-corrected chi connectivity index (χ4v) is 7.18. The van der Waals surface area contributed by atoms with Gasteiger partial charge in [0.05, 0.1) is 6.61 Å². The van der Waals surface area contributed by atoms with Crippen LogP contribution in [-0.2, 0) is 32.7 Å². The molecule has 8 atom stereocenters. The first-order chi connectivity index (χ1) is 25.4. The number of aliphatic hydroxyl groups excluding tert-OH is 5. The van der Waals surface area contributed by atoms with Crippen molar-refractivity contribution in [2.45, 2.75) is 211 Å². The van der Waals surface area contributed by atoms with Crippen LogP contribution in [0.4, 0.5) is 0 Å². The van der Waals surface area contributed by atoms with Crippen molar-refractivity contribution in [3.63, 3.8) is 0 Å². The number of carbonyl (C=O) groups is 2. The maximum Gasteiger partial charge on any atom is 0.472 e. The van der Waals surface area contributed by atoms with E-state index in [9.17, 15) is 44.6 Å². The number of rotatable bonds is 33. The largest absolute Gasteiger partial charge is 0.472 e. The maximum atomic E-state index is 12.7. The highest BCUT2D eigenvalue weighted by atomic mass is 31.2. The molecule has 13 nitrogen and oxygen atoms in total. The van der Waals surface area contributed by atoms with Crippen LogP contribution in [-0.4, -0.2) is 98.3 Å². The monoisotopic (exact) mass is 780 g/mol. The predicted octanol–water partition coefficient (Wildman–Crippen LogP) is 6.72. The number of phosphoric acid groups is 1. The number of aliphatic hydroxyl groups is 5. The average Bonchev–Trinajstić information content (AvgIpc) is 3.13. The maximum absolute atomic E-state index is 12.7. The van der Waals surface area contributed by atoms with Gasteiger partial charge < -0.3 is 39.9 Å². The van der Waals surface area contributed by atoms with Crippen molar-refractivity contribution in [3.05, 3.63) is 12.2 Å². The molecule has 0 aromatic rings. The summed E-state index contributed by atoms with van der Waals surface area (Å²) in [6, 6.07) is 0. The molecular formula is C39H73O13P. The molecule has 0 amide bonds. The van der Waals surface area contributed by atoms with E-state index in [1.54, 1.807) is 0 Å². The Morgan fingerprint density at radius 2 is 0.981 bits per heavy atom. The second-order valence-electron chi connectivity index (χ2n) is 14.5. The molecule has 1 fully saturated rings. The van der Waals surface area contributed by atoms with Crippen molar-refractivity contribution < 1.29 is 63.1 Å². The van der Waals surface area contributed by atoms with Crippen molar-refractivity contribution in [1.29, 1.82) is 0 Å². The van der Waals surface area contributed by atoms with E-state index < -0.39 is 75.7 Å². The van der Waals surface area contributed by atoms with Gasteiger partial charge in [0.2, 0.25) is 0 Å². The molecule has 0 aliphatic heterocycles. The van der Waals surface area contributed by atoms with Crippen molar-refractivity contribution >= 4 is 19.8 Å². The summed E-state index contributed by atoms with van der Waals surface area (Å²) in [6.45, 7) is 3.22. The van der Waals surface area contributed by atoms with Crippen LogP contribution in [0.5, 0.6) is 0 Å². The van der Waals surface area contributed by atoms with Crippen molar-refractivity contribution in [1.82, 2.24) is 0 Å². The van der Waals surface area contributed by atoms with Gasteiger partial charge in [-0.3, -0.25) is 18.6 Å². The number of allylic oxidation sites excluding steroid dienone is 2. The summed E-state index contributed by atoms with van der Waals surface area (Å²) < 4.78 is 33.3. The predicted molar refractivity (Wildman–Crippen MR) is 203 cm³/mol. The molecule has 0 spiro atoms. The summed E-state index contributed by atoms with van der Waals surface area (Å²) in [5.41, 5.74) is 0. The van der Waals surface area contributed by atoms with Crippen LogP contribution in [0.25, 0.3) is 0 Å². The number of hydrogen-bond donors (Lipinski definition) is 6. The molecule has 6 unspecified atom stereocenters. The average molecular weight is 781 g/mol. The fourth-order valence-electron chi connectivity index (χ4n) is 6.21. The Kier molecular flexibility index (Phi) is 28.8. The van der Waals surface area contributed by atoms with E-state index in [0.29, 0.717) is 12.8 Å². The van der Waals surface area contributed by atoms with Gasteiger partial charge in [-0.05, 0) is 32.1 Å². The minimum atomic E-state index is -5.10. The lowest BCUT2D eigenvalue weighted by molar-refractivity contribution is -0.220. The fraction of sp³-hybridized carbons (Fsp3) is 0.897. The van der Waals surface area contributed by atoms with Crippen LogP contribution in [0.15, 0.2) is 12.2 Å². The van der Waals surface area contributed by atoms with E-state index in [1.807, 2.05) is 0 Å². The molecule has 53 heavy (non-hydrogen) atoms. The highest BCUT2D eigenvalue weighted by Crippen LogP contribution is 2.47. The molecule has 1 aliphatic carbocycles. The first-order valence-corrected chi connectivity index (χ1v) is 22.0. The molecule has 0 saturated heterocycles. The quantitative estimate of drug-likeness (QED) is 0.0177. The molecule has 0 heterocycles. The zero-order chi connectivity index (χ0) is 39.3. The normalized spacial score (nSPS) is 23.5. The van der Waals surface area contributed by atoms with E-state index in [0.717, 1.165) is 51.4 Å². The van der Waals surface area contributed by atoms with Crippen LogP contribution in [0.2, 0.25) is 0 Å². The zero-order valence-corrected chi connectivity index (χ0v) is 33.5. The molecule has 312 valence electrons. The lowest BCUT2D eigenvalue weighted by Crippen LogP contribution is -2.64. The Morgan fingerprint density at radius 3 is 1.49 bits per heavy atom. The van der Waals surface area contributed by atoms with E-state index in [2.05, 4.69) is 26.0 Å². The van der Waals surface area contributed by atoms with Gasteiger partial charge in [-0.25, -0.2) is 4.57 Å². The molecule has 6 N–H and O–H groups in total. The summed E-state index contributed by atoms with van der Waals surface area (Å²) >= 11 is 0. The first-order valence-electron chi connectivity index (χ1n) is 20.5. The van der Waals surface area contributed by atoms with Gasteiger partial charge in [0.1, 0.15) is 43.2 Å². The van der Waals surface area contributed by atoms with Crippen LogP contribution < -0.4 is 0 Å². The third kappa shape index (κ3) is 24.0. The standard InChI is InChI=1S/C39H73O13P/c1-3-5-7-9-11-13-14-15-16-17-18-20-22-24-26-28-33(41)51-31(29-49-32(40)27-25-23-21-19-12-10-8-6-4-2)30-50-53(47,48)52-39-37(45)35(43)34(42)36(44)38(39)46/h9,11,31,34-39,42-46H,3-8,10,12-30H2,1-2H3,(H,47,48)/b11-9+/t31-,34?,35+,36?,37?,38?,39?/m1/s1. The summed E-state index contributed by atoms with van der Waals surface area (Å²) in [7, 11) is -5.10. The van der Waals surface area contributed by atoms with E-state index >= 15 is 0 Å². The van der Waals surface area contributed by atoms with Gasteiger partial charge in [0.25, 0.3) is 0 Å². The number of hydrogen-bond acceptors (Lipinski definition) is 12. The number of phosphoric ester groups is 1. The molecule has 0 bridgehead atoms. The topological polar surface area (TPSA) is 210 Å². The third-order valence-corrected chi connectivity index (χ3v) is 10.6. The molecule has 0 radical (unpaired) electrons. The molecule has 1 saturated carbocycles. The molecule has 1 rings (SSSR count). The Balaban J connectivity index is 2.50. The van der Waals surface area contributed by atoms with Crippen LogP contribution in [0.1, 0.15) is 168 Å². The first kappa shape index (κ1) is 49.6. The lowest BCUT2D eigenvalue weighted by atomic mass is 9.85. The van der Waals surface area contributed by atoms with Crippen molar-refractivity contribution in [3.8, 4) is 0 Å². The summed E-state index contributed by atoms with van der Waals surface area (Å²) in [5.74, 6) is -1.10. The Hall–Kier alpha value is -1.41.